The van der Waals surface area contributed by atoms with Crippen LogP contribution in [0.2, 0.25) is 5.02 Å². The van der Waals surface area contributed by atoms with Crippen LogP contribution in [0.1, 0.15) is 37.7 Å². The molecule has 1 saturated heterocycles. The lowest BCUT2D eigenvalue weighted by Crippen LogP contribution is -2.52. The van der Waals surface area contributed by atoms with Gasteiger partial charge in [-0.3, -0.25) is 4.90 Å². The van der Waals surface area contributed by atoms with Gasteiger partial charge < -0.3 is 5.11 Å². The van der Waals surface area contributed by atoms with E-state index in [4.69, 9.17) is 11.6 Å². The first kappa shape index (κ1) is 14.3. The van der Waals surface area contributed by atoms with Crippen LogP contribution < -0.4 is 0 Å². The molecule has 1 aliphatic heterocycles. The van der Waals surface area contributed by atoms with E-state index in [1.165, 1.54) is 18.6 Å². The van der Waals surface area contributed by atoms with Gasteiger partial charge in [-0.15, -0.1) is 0 Å². The predicted octanol–water partition coefficient (Wildman–Crippen LogP) is 3.61. The van der Waals surface area contributed by atoms with Crippen molar-refractivity contribution >= 4 is 11.6 Å². The molecule has 1 N–H and O–H groups in total. The second-order valence-corrected chi connectivity index (χ2v) is 6.67. The van der Waals surface area contributed by atoms with Crippen LogP contribution in [0.15, 0.2) is 18.2 Å². The van der Waals surface area contributed by atoms with E-state index in [2.05, 4.69) is 4.90 Å². The SMILES string of the molecule is OC12CCCCC1CN(Cc1cc(F)ccc1Cl)CC2. The van der Waals surface area contributed by atoms with Crippen molar-refractivity contribution in [1.82, 2.24) is 4.90 Å². The highest BCUT2D eigenvalue weighted by atomic mass is 35.5. The molecule has 2 nitrogen and oxygen atoms in total. The number of likely N-dealkylation sites (tertiary alicyclic amines) is 1. The maximum absolute atomic E-state index is 13.3. The van der Waals surface area contributed by atoms with E-state index in [0.29, 0.717) is 17.5 Å². The number of hydrogen-bond acceptors (Lipinski definition) is 2. The summed E-state index contributed by atoms with van der Waals surface area (Å²) in [6.07, 6.45) is 5.21. The van der Waals surface area contributed by atoms with Crippen LogP contribution >= 0.6 is 11.6 Å². The minimum Gasteiger partial charge on any atom is -0.390 e. The van der Waals surface area contributed by atoms with Gasteiger partial charge in [0.1, 0.15) is 5.82 Å². The molecule has 4 heteroatoms. The second-order valence-electron chi connectivity index (χ2n) is 6.27. The highest BCUT2D eigenvalue weighted by Crippen LogP contribution is 2.40. The third-order valence-corrected chi connectivity index (χ3v) is 5.28. The fraction of sp³-hybridized carbons (Fsp3) is 0.625. The van der Waals surface area contributed by atoms with Crippen molar-refractivity contribution in [2.45, 2.75) is 44.2 Å². The van der Waals surface area contributed by atoms with Crippen LogP contribution in [0.25, 0.3) is 0 Å². The standard InChI is InChI=1S/C16H21ClFNO/c17-15-5-4-14(18)9-12(15)10-19-8-7-16(20)6-2-1-3-13(16)11-19/h4-5,9,13,20H,1-3,6-8,10-11H2. The molecule has 3 rings (SSSR count). The van der Waals surface area contributed by atoms with E-state index in [1.807, 2.05) is 0 Å². The van der Waals surface area contributed by atoms with Gasteiger partial charge >= 0.3 is 0 Å². The molecule has 1 aromatic carbocycles. The molecular formula is C16H21ClFNO. The van der Waals surface area contributed by atoms with Gasteiger partial charge in [-0.25, -0.2) is 4.39 Å². The predicted molar refractivity (Wildman–Crippen MR) is 78.2 cm³/mol. The van der Waals surface area contributed by atoms with Crippen molar-refractivity contribution in [3.05, 3.63) is 34.6 Å². The molecule has 2 fully saturated rings. The summed E-state index contributed by atoms with van der Waals surface area (Å²) in [6, 6.07) is 4.53. The molecule has 0 bridgehead atoms. The quantitative estimate of drug-likeness (QED) is 0.901. The fourth-order valence-electron chi connectivity index (χ4n) is 3.69. The van der Waals surface area contributed by atoms with Crippen molar-refractivity contribution in [2.75, 3.05) is 13.1 Å². The Bertz CT molecular complexity index is 495. The number of aliphatic hydroxyl groups is 1. The number of nitrogens with zero attached hydrogens (tertiary/aromatic N) is 1. The minimum absolute atomic E-state index is 0.240. The first-order chi connectivity index (χ1) is 9.57. The van der Waals surface area contributed by atoms with Gasteiger partial charge in [0.05, 0.1) is 5.60 Å². The summed E-state index contributed by atoms with van der Waals surface area (Å²) in [6.45, 7) is 2.42. The van der Waals surface area contributed by atoms with Gasteiger partial charge in [-0.2, -0.15) is 0 Å². The molecule has 2 aliphatic rings. The molecule has 110 valence electrons. The lowest BCUT2D eigenvalue weighted by atomic mass is 9.71. The molecule has 20 heavy (non-hydrogen) atoms. The second kappa shape index (κ2) is 5.63. The maximum Gasteiger partial charge on any atom is 0.123 e. The van der Waals surface area contributed by atoms with Gasteiger partial charge in [0, 0.05) is 30.6 Å². The zero-order valence-electron chi connectivity index (χ0n) is 11.6. The number of halogens is 2. The van der Waals surface area contributed by atoms with Crippen molar-refractivity contribution in [3.63, 3.8) is 0 Å². The van der Waals surface area contributed by atoms with Gasteiger partial charge in [-0.1, -0.05) is 24.4 Å². The summed E-state index contributed by atoms with van der Waals surface area (Å²) >= 11 is 6.14. The van der Waals surface area contributed by atoms with Crippen molar-refractivity contribution in [2.24, 2.45) is 5.92 Å². The number of piperidine rings is 1. The highest BCUT2D eigenvalue weighted by molar-refractivity contribution is 6.31. The van der Waals surface area contributed by atoms with Gasteiger partial charge in [0.15, 0.2) is 0 Å². The monoisotopic (exact) mass is 297 g/mol. The molecule has 0 aromatic heterocycles. The van der Waals surface area contributed by atoms with Crippen LogP contribution in [0.3, 0.4) is 0 Å². The summed E-state index contributed by atoms with van der Waals surface area (Å²) in [7, 11) is 0. The van der Waals surface area contributed by atoms with E-state index < -0.39 is 5.60 Å². The summed E-state index contributed by atoms with van der Waals surface area (Å²) in [5.74, 6) is 0.118. The first-order valence-electron chi connectivity index (χ1n) is 7.45. The van der Waals surface area contributed by atoms with Crippen LogP contribution in [0, 0.1) is 11.7 Å². The van der Waals surface area contributed by atoms with Crippen molar-refractivity contribution in [3.8, 4) is 0 Å². The van der Waals surface area contributed by atoms with Crippen molar-refractivity contribution < 1.29 is 9.50 Å². The van der Waals surface area contributed by atoms with Gasteiger partial charge in [0.25, 0.3) is 0 Å². The fourth-order valence-corrected chi connectivity index (χ4v) is 3.87. The van der Waals surface area contributed by atoms with E-state index in [1.54, 1.807) is 6.07 Å². The summed E-state index contributed by atoms with van der Waals surface area (Å²) in [4.78, 5) is 2.30. The number of hydrogen-bond donors (Lipinski definition) is 1. The molecule has 2 atom stereocenters. The highest BCUT2D eigenvalue weighted by Gasteiger charge is 2.42. The third kappa shape index (κ3) is 2.85. The Kier molecular flexibility index (Phi) is 4.02. The van der Waals surface area contributed by atoms with Crippen LogP contribution in [0.4, 0.5) is 4.39 Å². The molecule has 0 amide bonds. The molecule has 1 aliphatic carbocycles. The molecule has 2 unspecified atom stereocenters. The lowest BCUT2D eigenvalue weighted by molar-refractivity contribution is -0.0967. The Balaban J connectivity index is 1.69. The van der Waals surface area contributed by atoms with Crippen LogP contribution in [0.5, 0.6) is 0 Å². The summed E-state index contributed by atoms with van der Waals surface area (Å²) in [5, 5.41) is 11.3. The van der Waals surface area contributed by atoms with Crippen LogP contribution in [-0.2, 0) is 6.54 Å². The Labute approximate surface area is 124 Å². The first-order valence-corrected chi connectivity index (χ1v) is 7.83. The average molecular weight is 298 g/mol. The number of benzene rings is 1. The molecule has 1 heterocycles. The number of rotatable bonds is 2. The average Bonchev–Trinajstić information content (AvgIpc) is 2.43. The van der Waals surface area contributed by atoms with E-state index >= 15 is 0 Å². The van der Waals surface area contributed by atoms with Gasteiger partial charge in [0.2, 0.25) is 0 Å². The molecule has 1 saturated carbocycles. The van der Waals surface area contributed by atoms with Gasteiger partial charge in [-0.05, 0) is 43.0 Å². The molecule has 1 aromatic rings. The number of fused-ring (bicyclic) bond motifs is 1. The zero-order chi connectivity index (χ0) is 14.2. The van der Waals surface area contributed by atoms with E-state index in [9.17, 15) is 9.50 Å². The maximum atomic E-state index is 13.3. The van der Waals surface area contributed by atoms with Crippen molar-refractivity contribution in [1.29, 1.82) is 0 Å². The normalized spacial score (nSPS) is 31.1. The summed E-state index contributed by atoms with van der Waals surface area (Å²) < 4.78 is 13.3. The smallest absolute Gasteiger partial charge is 0.123 e. The minimum atomic E-state index is -0.458. The van der Waals surface area contributed by atoms with Crippen LogP contribution in [-0.4, -0.2) is 28.7 Å². The Hall–Kier alpha value is -0.640. The molecule has 0 radical (unpaired) electrons. The summed E-state index contributed by atoms with van der Waals surface area (Å²) in [5.41, 5.74) is 0.383. The zero-order valence-corrected chi connectivity index (χ0v) is 12.4. The topological polar surface area (TPSA) is 23.5 Å². The van der Waals surface area contributed by atoms with E-state index in [-0.39, 0.29) is 5.82 Å². The Morgan fingerprint density at radius 3 is 3.05 bits per heavy atom. The lowest BCUT2D eigenvalue weighted by Gasteiger charge is -2.47. The molecule has 0 spiro atoms. The van der Waals surface area contributed by atoms with E-state index in [0.717, 1.165) is 44.3 Å². The Morgan fingerprint density at radius 1 is 1.35 bits per heavy atom. The third-order valence-electron chi connectivity index (χ3n) is 4.91. The largest absolute Gasteiger partial charge is 0.390 e. The molecular weight excluding hydrogens is 277 g/mol. The Morgan fingerprint density at radius 2 is 2.20 bits per heavy atom.